The highest BCUT2D eigenvalue weighted by Crippen LogP contribution is 2.30. The number of nitrogens with zero attached hydrogens (tertiary/aromatic N) is 4. The van der Waals surface area contributed by atoms with Gasteiger partial charge in [-0.3, -0.25) is 19.6 Å². The van der Waals surface area contributed by atoms with Gasteiger partial charge in [0, 0.05) is 50.5 Å². The van der Waals surface area contributed by atoms with E-state index in [1.54, 1.807) is 23.5 Å². The molecule has 0 unspecified atom stereocenters. The molecule has 3 aromatic rings. The van der Waals surface area contributed by atoms with Crippen molar-refractivity contribution in [2.45, 2.75) is 13.1 Å². The number of pyridine rings is 2. The third-order valence-corrected chi connectivity index (χ3v) is 5.09. The number of carbonyl (C=O) groups is 1. The van der Waals surface area contributed by atoms with Gasteiger partial charge >= 0.3 is 0 Å². The Hall–Kier alpha value is -3.29. The van der Waals surface area contributed by atoms with Crippen LogP contribution in [-0.2, 0) is 22.6 Å². The first-order valence-corrected chi connectivity index (χ1v) is 10.0. The normalized spacial score (nSPS) is 14.3. The molecule has 1 N–H and O–H groups in total. The van der Waals surface area contributed by atoms with Crippen LogP contribution in [0.1, 0.15) is 11.1 Å². The van der Waals surface area contributed by atoms with Gasteiger partial charge in [-0.2, -0.15) is 0 Å². The van der Waals surface area contributed by atoms with Crippen LogP contribution < -0.4 is 10.2 Å². The highest BCUT2D eigenvalue weighted by molar-refractivity contribution is 5.90. The van der Waals surface area contributed by atoms with E-state index in [2.05, 4.69) is 32.3 Å². The van der Waals surface area contributed by atoms with E-state index in [9.17, 15) is 4.79 Å². The van der Waals surface area contributed by atoms with Gasteiger partial charge in [-0.1, -0.05) is 12.1 Å². The van der Waals surface area contributed by atoms with E-state index in [-0.39, 0.29) is 0 Å². The van der Waals surface area contributed by atoms with Crippen LogP contribution in [0.15, 0.2) is 67.1 Å². The molecule has 30 heavy (non-hydrogen) atoms. The van der Waals surface area contributed by atoms with E-state index in [0.717, 1.165) is 50.5 Å². The number of hydrogen-bond acceptors (Lipinski definition) is 6. The molecule has 1 aliphatic rings. The van der Waals surface area contributed by atoms with Gasteiger partial charge in [0.15, 0.2) is 5.82 Å². The second-order valence-corrected chi connectivity index (χ2v) is 7.11. The van der Waals surface area contributed by atoms with Gasteiger partial charge in [-0.05, 0) is 47.5 Å². The minimum atomic E-state index is 0.595. The fourth-order valence-corrected chi connectivity index (χ4v) is 3.45. The summed E-state index contributed by atoms with van der Waals surface area (Å²) >= 11 is 0. The summed E-state index contributed by atoms with van der Waals surface area (Å²) in [7, 11) is 0. The van der Waals surface area contributed by atoms with Crippen molar-refractivity contribution < 1.29 is 9.53 Å². The van der Waals surface area contributed by atoms with E-state index < -0.39 is 0 Å². The molecule has 154 valence electrons. The Morgan fingerprint density at radius 2 is 1.77 bits per heavy atom. The fraction of sp³-hybridized carbons (Fsp3) is 0.261. The van der Waals surface area contributed by atoms with E-state index in [1.807, 2.05) is 36.4 Å². The Kier molecular flexibility index (Phi) is 6.64. The lowest BCUT2D eigenvalue weighted by atomic mass is 10.1. The molecule has 0 radical (unpaired) electrons. The number of amides is 1. The Balaban J connectivity index is 1.48. The number of aromatic nitrogens is 2. The number of nitrogens with one attached hydrogen (secondary N) is 1. The van der Waals surface area contributed by atoms with Crippen LogP contribution in [0.4, 0.5) is 17.2 Å². The van der Waals surface area contributed by atoms with Crippen LogP contribution in [0.2, 0.25) is 0 Å². The molecule has 4 rings (SSSR count). The highest BCUT2D eigenvalue weighted by atomic mass is 16.5. The summed E-state index contributed by atoms with van der Waals surface area (Å²) in [4.78, 5) is 24.4. The predicted octanol–water partition coefficient (Wildman–Crippen LogP) is 3.22. The van der Waals surface area contributed by atoms with Gasteiger partial charge in [-0.15, -0.1) is 0 Å². The molecule has 3 heterocycles. The Bertz CT molecular complexity index is 943. The first kappa shape index (κ1) is 20.0. The molecule has 1 fully saturated rings. The van der Waals surface area contributed by atoms with Crippen LogP contribution in [0.3, 0.4) is 0 Å². The van der Waals surface area contributed by atoms with E-state index in [0.29, 0.717) is 18.1 Å². The number of carbonyl (C=O) groups excluding carboxylic acids is 1. The summed E-state index contributed by atoms with van der Waals surface area (Å²) < 4.78 is 5.41. The first-order valence-electron chi connectivity index (χ1n) is 10.0. The van der Waals surface area contributed by atoms with Crippen LogP contribution in [0.25, 0.3) is 0 Å². The predicted molar refractivity (Wildman–Crippen MR) is 117 cm³/mol. The quantitative estimate of drug-likeness (QED) is 0.583. The summed E-state index contributed by atoms with van der Waals surface area (Å²) in [5.74, 6) is 0.652. The molecule has 7 nitrogen and oxygen atoms in total. The summed E-state index contributed by atoms with van der Waals surface area (Å²) in [6, 6.07) is 15.7. The standard InChI is InChI=1S/C23H25N5O2/c29-18-28(21-5-3-20(4-6-21)17-27-12-14-30-15-13-27)22-2-1-9-25-23(22)26-16-19-7-10-24-11-8-19/h1-11,18H,12-17H2,(H,25,26). The molecular formula is C23H25N5O2. The number of hydrogen-bond donors (Lipinski definition) is 1. The maximum absolute atomic E-state index is 12.0. The van der Waals surface area contributed by atoms with Crippen LogP contribution in [0.5, 0.6) is 0 Å². The summed E-state index contributed by atoms with van der Waals surface area (Å²) in [6.07, 6.45) is 6.05. The number of benzene rings is 1. The van der Waals surface area contributed by atoms with Crippen molar-refractivity contribution in [3.63, 3.8) is 0 Å². The van der Waals surface area contributed by atoms with Crippen molar-refractivity contribution in [1.82, 2.24) is 14.9 Å². The monoisotopic (exact) mass is 403 g/mol. The minimum Gasteiger partial charge on any atom is -0.379 e. The SMILES string of the molecule is O=CN(c1ccc(CN2CCOCC2)cc1)c1cccnc1NCc1ccncc1. The lowest BCUT2D eigenvalue weighted by molar-refractivity contribution is -0.106. The molecule has 0 bridgehead atoms. The van der Waals surface area contributed by atoms with E-state index >= 15 is 0 Å². The highest BCUT2D eigenvalue weighted by Gasteiger charge is 2.15. The van der Waals surface area contributed by atoms with Crippen molar-refractivity contribution in [3.8, 4) is 0 Å². The largest absolute Gasteiger partial charge is 0.379 e. The van der Waals surface area contributed by atoms with Crippen LogP contribution >= 0.6 is 0 Å². The maximum atomic E-state index is 12.0. The van der Waals surface area contributed by atoms with Crippen molar-refractivity contribution in [2.75, 3.05) is 36.5 Å². The average molecular weight is 403 g/mol. The molecule has 0 saturated carbocycles. The molecule has 1 amide bonds. The molecule has 0 atom stereocenters. The third-order valence-electron chi connectivity index (χ3n) is 5.09. The molecule has 2 aromatic heterocycles. The van der Waals surface area contributed by atoms with Gasteiger partial charge in [-0.25, -0.2) is 4.98 Å². The zero-order valence-electron chi connectivity index (χ0n) is 16.8. The number of rotatable bonds is 8. The van der Waals surface area contributed by atoms with Gasteiger partial charge in [0.2, 0.25) is 6.41 Å². The molecular weight excluding hydrogens is 378 g/mol. The summed E-state index contributed by atoms with van der Waals surface area (Å²) in [5.41, 5.74) is 3.82. The minimum absolute atomic E-state index is 0.595. The maximum Gasteiger partial charge on any atom is 0.218 e. The second-order valence-electron chi connectivity index (χ2n) is 7.11. The molecule has 0 aliphatic carbocycles. The summed E-state index contributed by atoms with van der Waals surface area (Å²) in [6.45, 7) is 4.95. The zero-order valence-corrected chi connectivity index (χ0v) is 16.8. The Morgan fingerprint density at radius 3 is 2.50 bits per heavy atom. The van der Waals surface area contributed by atoms with E-state index in [1.165, 1.54) is 5.56 Å². The Labute approximate surface area is 176 Å². The van der Waals surface area contributed by atoms with Crippen molar-refractivity contribution in [3.05, 3.63) is 78.2 Å². The topological polar surface area (TPSA) is 70.6 Å². The number of anilines is 3. The van der Waals surface area contributed by atoms with E-state index in [4.69, 9.17) is 4.74 Å². The van der Waals surface area contributed by atoms with Gasteiger partial charge in [0.05, 0.1) is 18.9 Å². The lowest BCUT2D eigenvalue weighted by Gasteiger charge is -2.27. The fourth-order valence-electron chi connectivity index (χ4n) is 3.45. The number of morpholine rings is 1. The molecule has 1 saturated heterocycles. The summed E-state index contributed by atoms with van der Waals surface area (Å²) in [5, 5.41) is 3.32. The lowest BCUT2D eigenvalue weighted by Crippen LogP contribution is -2.35. The van der Waals surface area contributed by atoms with Gasteiger partial charge in [0.1, 0.15) is 0 Å². The second kappa shape index (κ2) is 9.96. The third kappa shape index (κ3) is 5.00. The smallest absolute Gasteiger partial charge is 0.218 e. The molecule has 1 aromatic carbocycles. The van der Waals surface area contributed by atoms with Gasteiger partial charge < -0.3 is 10.1 Å². The average Bonchev–Trinajstić information content (AvgIpc) is 2.81. The molecule has 7 heteroatoms. The Morgan fingerprint density at radius 1 is 1.00 bits per heavy atom. The number of ether oxygens (including phenoxy) is 1. The zero-order chi connectivity index (χ0) is 20.6. The van der Waals surface area contributed by atoms with Crippen LogP contribution in [0, 0.1) is 0 Å². The van der Waals surface area contributed by atoms with Gasteiger partial charge in [0.25, 0.3) is 0 Å². The molecule has 1 aliphatic heterocycles. The van der Waals surface area contributed by atoms with Crippen LogP contribution in [-0.4, -0.2) is 47.6 Å². The van der Waals surface area contributed by atoms with Crippen molar-refractivity contribution in [2.24, 2.45) is 0 Å². The first-order chi connectivity index (χ1) is 14.8. The molecule has 0 spiro atoms. The van der Waals surface area contributed by atoms with Crippen molar-refractivity contribution >= 4 is 23.6 Å². The van der Waals surface area contributed by atoms with Crippen molar-refractivity contribution in [1.29, 1.82) is 0 Å².